The first kappa shape index (κ1) is 20.9. The number of rotatable bonds is 8. The van der Waals surface area contributed by atoms with Crippen LogP contribution in [0.1, 0.15) is 47.0 Å². The number of thioether (sulfide) groups is 1. The minimum atomic E-state index is -1.92. The molecule has 1 unspecified atom stereocenters. The lowest BCUT2D eigenvalue weighted by Gasteiger charge is -2.57. The van der Waals surface area contributed by atoms with Crippen molar-refractivity contribution in [2.75, 3.05) is 7.11 Å². The fourth-order valence-corrected chi connectivity index (χ4v) is 6.07. The Balaban J connectivity index is 2.95. The minimum Gasteiger partial charge on any atom is -0.481 e. The third kappa shape index (κ3) is 4.10. The molecule has 0 aliphatic carbocycles. The number of ketones is 1. The highest BCUT2D eigenvalue weighted by Crippen LogP contribution is 2.60. The van der Waals surface area contributed by atoms with Gasteiger partial charge in [-0.05, 0) is 18.8 Å². The van der Waals surface area contributed by atoms with E-state index in [4.69, 9.17) is 16.6 Å². The average Bonchev–Trinajstić information content (AvgIpc) is 2.42. The van der Waals surface area contributed by atoms with Crippen molar-refractivity contribution < 1.29 is 24.2 Å². The van der Waals surface area contributed by atoms with Gasteiger partial charge in [0.2, 0.25) is 0 Å². The third-order valence-electron chi connectivity index (χ3n) is 4.75. The summed E-state index contributed by atoms with van der Waals surface area (Å²) in [4.78, 5) is 35.4. The van der Waals surface area contributed by atoms with Crippen molar-refractivity contribution in [1.82, 2.24) is 0 Å². The Hall–Kier alpha value is -1.12. The molecule has 1 rings (SSSR count). The first-order valence-electron chi connectivity index (χ1n) is 7.87. The molecule has 0 aromatic carbocycles. The van der Waals surface area contributed by atoms with Crippen LogP contribution in [0.25, 0.3) is 0 Å². The summed E-state index contributed by atoms with van der Waals surface area (Å²) in [5.74, 6) is -2.64. The van der Waals surface area contributed by atoms with Crippen LogP contribution in [0, 0.1) is 5.92 Å². The van der Waals surface area contributed by atoms with Gasteiger partial charge in [0.05, 0.1) is 19.6 Å². The molecule has 1 saturated heterocycles. The number of nitrogens with two attached hydrogens (primary N) is 2. The second-order valence-electron chi connectivity index (χ2n) is 7.43. The van der Waals surface area contributed by atoms with E-state index in [2.05, 4.69) is 32.4 Å². The Morgan fingerprint density at radius 3 is 2.12 bits per heavy atom. The molecule has 2 atom stereocenters. The van der Waals surface area contributed by atoms with Gasteiger partial charge < -0.3 is 21.3 Å². The molecule has 0 amide bonds. The van der Waals surface area contributed by atoms with Crippen LogP contribution in [-0.2, 0) is 19.1 Å². The molecule has 1 aliphatic heterocycles. The van der Waals surface area contributed by atoms with Gasteiger partial charge >= 0.3 is 11.9 Å². The Morgan fingerprint density at radius 2 is 1.75 bits per heavy atom. The molecular formula is C16H28N2O5S. The molecule has 1 fully saturated rings. The third-order valence-corrected chi connectivity index (χ3v) is 6.37. The maximum absolute atomic E-state index is 12.5. The topological polar surface area (TPSA) is 133 Å². The molecule has 5 N–H and O–H groups in total. The summed E-state index contributed by atoms with van der Waals surface area (Å²) in [6, 6.07) is -1.34. The van der Waals surface area contributed by atoms with Crippen LogP contribution in [0.5, 0.6) is 0 Å². The van der Waals surface area contributed by atoms with Crippen molar-refractivity contribution in [3.63, 3.8) is 0 Å². The summed E-state index contributed by atoms with van der Waals surface area (Å²) in [7, 11) is 1.15. The molecule has 138 valence electrons. The average molecular weight is 360 g/mol. The van der Waals surface area contributed by atoms with E-state index in [9.17, 15) is 14.4 Å². The number of hydrogen-bond acceptors (Lipinski definition) is 7. The van der Waals surface area contributed by atoms with Crippen molar-refractivity contribution in [1.29, 1.82) is 0 Å². The zero-order chi connectivity index (χ0) is 18.9. The van der Waals surface area contributed by atoms with Crippen LogP contribution < -0.4 is 11.5 Å². The fraction of sp³-hybridized carbons (Fsp3) is 0.812. The van der Waals surface area contributed by atoms with E-state index in [-0.39, 0.29) is 21.8 Å². The van der Waals surface area contributed by atoms with Gasteiger partial charge in [0.15, 0.2) is 11.3 Å². The molecule has 1 aliphatic rings. The van der Waals surface area contributed by atoms with Gasteiger partial charge in [-0.15, -0.1) is 11.8 Å². The normalized spacial score (nSPS) is 22.8. The summed E-state index contributed by atoms with van der Waals surface area (Å²) in [5, 5.41) is 8.80. The highest BCUT2D eigenvalue weighted by Gasteiger charge is 2.55. The monoisotopic (exact) mass is 360 g/mol. The Labute approximate surface area is 146 Å². The quantitative estimate of drug-likeness (QED) is 0.430. The maximum Gasteiger partial charge on any atom is 0.333 e. The second kappa shape index (κ2) is 7.01. The van der Waals surface area contributed by atoms with Crippen LogP contribution in [0.4, 0.5) is 0 Å². The Morgan fingerprint density at radius 1 is 1.25 bits per heavy atom. The summed E-state index contributed by atoms with van der Waals surface area (Å²) < 4.78 is 4.73. The lowest BCUT2D eigenvalue weighted by Crippen LogP contribution is -2.62. The molecule has 0 bridgehead atoms. The molecule has 8 heteroatoms. The van der Waals surface area contributed by atoms with Crippen molar-refractivity contribution in [2.45, 2.75) is 68.0 Å². The summed E-state index contributed by atoms with van der Waals surface area (Å²) in [5.41, 5.74) is 9.79. The van der Waals surface area contributed by atoms with Gasteiger partial charge in [-0.25, -0.2) is 4.79 Å². The number of carboxylic acids is 1. The van der Waals surface area contributed by atoms with E-state index in [1.807, 2.05) is 11.8 Å². The van der Waals surface area contributed by atoms with Crippen LogP contribution in [0.15, 0.2) is 0 Å². The fourth-order valence-electron chi connectivity index (χ4n) is 3.79. The number of esters is 1. The Kier molecular flexibility index (Phi) is 6.11. The van der Waals surface area contributed by atoms with Gasteiger partial charge in [-0.3, -0.25) is 9.59 Å². The smallest absolute Gasteiger partial charge is 0.333 e. The highest BCUT2D eigenvalue weighted by atomic mass is 32.2. The summed E-state index contributed by atoms with van der Waals surface area (Å²) >= 11 is 1.84. The first-order valence-corrected chi connectivity index (χ1v) is 8.68. The zero-order valence-electron chi connectivity index (χ0n) is 14.9. The largest absolute Gasteiger partial charge is 0.481 e. The van der Waals surface area contributed by atoms with E-state index >= 15 is 0 Å². The van der Waals surface area contributed by atoms with Crippen molar-refractivity contribution in [3.05, 3.63) is 0 Å². The van der Waals surface area contributed by atoms with E-state index < -0.39 is 35.7 Å². The lowest BCUT2D eigenvalue weighted by atomic mass is 9.74. The van der Waals surface area contributed by atoms with Crippen LogP contribution >= 0.6 is 11.8 Å². The summed E-state index contributed by atoms with van der Waals surface area (Å²) in [6.07, 6.45) is 0.0408. The predicted molar refractivity (Wildman–Crippen MR) is 92.6 cm³/mol. The Bertz CT molecular complexity index is 521. The highest BCUT2D eigenvalue weighted by molar-refractivity contribution is 8.03. The molecule has 0 saturated carbocycles. The molecule has 7 nitrogen and oxygen atoms in total. The number of Topliss-reactive ketones (excluding diaryl/α,β-unsaturated/α-hetero) is 1. The number of carbonyl (C=O) groups is 3. The predicted octanol–water partition coefficient (Wildman–Crippen LogP) is 0.928. The van der Waals surface area contributed by atoms with E-state index in [0.29, 0.717) is 6.42 Å². The number of methoxy groups -OCH3 is 1. The summed E-state index contributed by atoms with van der Waals surface area (Å²) in [6.45, 7) is 8.45. The standard InChI is InChI=1S/C16H28N2O5S/c1-14(2)10(15(3,4)24-14)6-7-16(18,13(22)23-5)12(21)9(17)8-11(19)20/h9-10H,6-8,17-18H2,1-5H3,(H,19,20)/t9-,16?/m1/s1. The molecule has 0 aromatic heterocycles. The number of carbonyl (C=O) groups excluding carboxylic acids is 2. The van der Waals surface area contributed by atoms with Crippen LogP contribution in [0.3, 0.4) is 0 Å². The van der Waals surface area contributed by atoms with Gasteiger partial charge in [-0.2, -0.15) is 0 Å². The number of carboxylic acid groups (broad SMARTS) is 1. The second-order valence-corrected chi connectivity index (χ2v) is 9.74. The van der Waals surface area contributed by atoms with Gasteiger partial charge in [0.25, 0.3) is 0 Å². The zero-order valence-corrected chi connectivity index (χ0v) is 15.7. The SMILES string of the molecule is COC(=O)C(N)(CCC1C(C)(C)SC1(C)C)C(=O)[C@H](N)CC(=O)O. The molecular weight excluding hydrogens is 332 g/mol. The number of hydrogen-bond donors (Lipinski definition) is 3. The van der Waals surface area contributed by atoms with E-state index in [1.165, 1.54) is 0 Å². The van der Waals surface area contributed by atoms with Gasteiger partial charge in [-0.1, -0.05) is 27.7 Å². The van der Waals surface area contributed by atoms with Crippen LogP contribution in [-0.4, -0.2) is 51.0 Å². The number of ether oxygens (including phenoxy) is 1. The first-order chi connectivity index (χ1) is 10.8. The molecule has 24 heavy (non-hydrogen) atoms. The number of aliphatic carboxylic acids is 1. The van der Waals surface area contributed by atoms with E-state index in [0.717, 1.165) is 7.11 Å². The molecule has 0 spiro atoms. The van der Waals surface area contributed by atoms with Gasteiger partial charge in [0.1, 0.15) is 0 Å². The minimum absolute atomic E-state index is 0.0206. The maximum atomic E-state index is 12.5. The molecule has 0 aromatic rings. The van der Waals surface area contributed by atoms with Gasteiger partial charge in [0, 0.05) is 9.49 Å². The van der Waals surface area contributed by atoms with E-state index in [1.54, 1.807) is 0 Å². The molecule has 0 radical (unpaired) electrons. The van der Waals surface area contributed by atoms with Crippen molar-refractivity contribution in [2.24, 2.45) is 17.4 Å². The van der Waals surface area contributed by atoms with Crippen LogP contribution in [0.2, 0.25) is 0 Å². The van der Waals surface area contributed by atoms with Crippen molar-refractivity contribution >= 4 is 29.5 Å². The molecule has 1 heterocycles. The lowest BCUT2D eigenvalue weighted by molar-refractivity contribution is -0.153. The van der Waals surface area contributed by atoms with Crippen molar-refractivity contribution in [3.8, 4) is 0 Å².